The van der Waals surface area contributed by atoms with Crippen molar-refractivity contribution in [3.05, 3.63) is 88.0 Å². The molecule has 1 aliphatic heterocycles. The molecule has 0 unspecified atom stereocenters. The molecule has 0 bridgehead atoms. The van der Waals surface area contributed by atoms with E-state index in [0.717, 1.165) is 5.56 Å². The van der Waals surface area contributed by atoms with E-state index in [4.69, 9.17) is 0 Å². The topological polar surface area (TPSA) is 84.5 Å². The van der Waals surface area contributed by atoms with Gasteiger partial charge in [-0.25, -0.2) is 9.07 Å². The normalized spacial score (nSPS) is 14.6. The van der Waals surface area contributed by atoms with E-state index in [1.807, 2.05) is 6.07 Å². The number of non-ortho nitro benzene ring substituents is 1. The van der Waals surface area contributed by atoms with Crippen LogP contribution in [0.5, 0.6) is 0 Å². The van der Waals surface area contributed by atoms with Crippen molar-refractivity contribution < 1.29 is 14.1 Å². The number of halogens is 1. The van der Waals surface area contributed by atoms with Gasteiger partial charge in [-0.3, -0.25) is 19.8 Å². The Kier molecular flexibility index (Phi) is 5.53. The monoisotopic (exact) mass is 409 g/mol. The maximum absolute atomic E-state index is 13.4. The molecule has 0 spiro atoms. The first-order chi connectivity index (χ1) is 14.5. The summed E-state index contributed by atoms with van der Waals surface area (Å²) in [5, 5.41) is 15.2. The summed E-state index contributed by atoms with van der Waals surface area (Å²) in [4.78, 5) is 27.2. The van der Waals surface area contributed by atoms with Crippen LogP contribution < -0.4 is 0 Å². The molecule has 1 saturated heterocycles. The van der Waals surface area contributed by atoms with Crippen molar-refractivity contribution in [3.63, 3.8) is 0 Å². The molecule has 30 heavy (non-hydrogen) atoms. The number of amides is 1. The third-order valence-electron chi connectivity index (χ3n) is 5.07. The number of hydrogen-bond donors (Lipinski definition) is 0. The van der Waals surface area contributed by atoms with Gasteiger partial charge in [-0.05, 0) is 29.8 Å². The van der Waals surface area contributed by atoms with Crippen molar-refractivity contribution in [1.82, 2.24) is 19.6 Å². The molecule has 0 atom stereocenters. The average molecular weight is 409 g/mol. The van der Waals surface area contributed by atoms with E-state index in [1.165, 1.54) is 22.9 Å². The van der Waals surface area contributed by atoms with E-state index in [0.29, 0.717) is 44.1 Å². The molecule has 4 rings (SSSR count). The van der Waals surface area contributed by atoms with Gasteiger partial charge >= 0.3 is 0 Å². The minimum Gasteiger partial charge on any atom is -0.335 e. The van der Waals surface area contributed by atoms with E-state index >= 15 is 0 Å². The molecule has 0 aliphatic carbocycles. The largest absolute Gasteiger partial charge is 0.335 e. The third kappa shape index (κ3) is 4.36. The highest BCUT2D eigenvalue weighted by atomic mass is 19.1. The molecule has 3 aromatic rings. The molecule has 8 nitrogen and oxygen atoms in total. The van der Waals surface area contributed by atoms with Crippen LogP contribution in [0.3, 0.4) is 0 Å². The standard InChI is InChI=1S/C21H20FN5O3/c22-17-4-2-5-18(14-17)26-8-7-20(23-26)21(28)25-11-9-24(10-12-25)15-16-3-1-6-19(13-16)27(29)30/h1-8,13-14H,9-12,15H2. The summed E-state index contributed by atoms with van der Waals surface area (Å²) < 4.78 is 14.9. The molecule has 1 fully saturated rings. The fourth-order valence-corrected chi connectivity index (χ4v) is 3.50. The molecule has 0 radical (unpaired) electrons. The van der Waals surface area contributed by atoms with Crippen molar-refractivity contribution in [2.24, 2.45) is 0 Å². The molecule has 1 amide bonds. The van der Waals surface area contributed by atoms with Gasteiger partial charge in [0.25, 0.3) is 11.6 Å². The third-order valence-corrected chi connectivity index (χ3v) is 5.07. The Hall–Kier alpha value is -3.59. The molecule has 1 aliphatic rings. The van der Waals surface area contributed by atoms with E-state index in [2.05, 4.69) is 10.00 Å². The summed E-state index contributed by atoms with van der Waals surface area (Å²) in [5.41, 5.74) is 1.82. The summed E-state index contributed by atoms with van der Waals surface area (Å²) in [7, 11) is 0. The number of carbonyl (C=O) groups is 1. The van der Waals surface area contributed by atoms with Gasteiger partial charge < -0.3 is 4.90 Å². The summed E-state index contributed by atoms with van der Waals surface area (Å²) in [6, 6.07) is 14.2. The number of nitrogens with zero attached hydrogens (tertiary/aromatic N) is 5. The second-order valence-corrected chi connectivity index (χ2v) is 7.12. The number of piperazine rings is 1. The molecule has 154 valence electrons. The molecule has 2 aromatic carbocycles. The van der Waals surface area contributed by atoms with Crippen LogP contribution in [0.15, 0.2) is 60.8 Å². The Bertz CT molecular complexity index is 1080. The number of aromatic nitrogens is 2. The zero-order valence-corrected chi connectivity index (χ0v) is 16.1. The van der Waals surface area contributed by atoms with Gasteiger partial charge in [0.05, 0.1) is 10.6 Å². The summed E-state index contributed by atoms with van der Waals surface area (Å²) in [6.45, 7) is 3.01. The Morgan fingerprint density at radius 2 is 1.83 bits per heavy atom. The number of nitro benzene ring substituents is 1. The van der Waals surface area contributed by atoms with Gasteiger partial charge in [0.2, 0.25) is 0 Å². The number of rotatable bonds is 5. The van der Waals surface area contributed by atoms with Gasteiger partial charge in [0, 0.05) is 51.1 Å². The minimum absolute atomic E-state index is 0.0789. The van der Waals surface area contributed by atoms with Crippen LogP contribution >= 0.6 is 0 Å². The second-order valence-electron chi connectivity index (χ2n) is 7.12. The first-order valence-electron chi connectivity index (χ1n) is 9.56. The first kappa shape index (κ1) is 19.7. The van der Waals surface area contributed by atoms with E-state index in [1.54, 1.807) is 41.4 Å². The van der Waals surface area contributed by atoms with Gasteiger partial charge in [-0.2, -0.15) is 5.10 Å². The van der Waals surface area contributed by atoms with Crippen LogP contribution in [-0.4, -0.2) is 56.6 Å². The van der Waals surface area contributed by atoms with Crippen molar-refractivity contribution in [2.45, 2.75) is 6.54 Å². The summed E-state index contributed by atoms with van der Waals surface area (Å²) in [6.07, 6.45) is 1.64. The van der Waals surface area contributed by atoms with E-state index in [9.17, 15) is 19.3 Å². The highest BCUT2D eigenvalue weighted by molar-refractivity contribution is 5.92. The number of nitro groups is 1. The van der Waals surface area contributed by atoms with Gasteiger partial charge in [-0.15, -0.1) is 0 Å². The van der Waals surface area contributed by atoms with Gasteiger partial charge in [0.15, 0.2) is 5.69 Å². The van der Waals surface area contributed by atoms with Crippen molar-refractivity contribution >= 4 is 11.6 Å². The maximum Gasteiger partial charge on any atom is 0.274 e. The highest BCUT2D eigenvalue weighted by Crippen LogP contribution is 2.17. The predicted octanol–water partition coefficient (Wildman–Crippen LogP) is 2.88. The smallest absolute Gasteiger partial charge is 0.274 e. The lowest BCUT2D eigenvalue weighted by atomic mass is 10.1. The fourth-order valence-electron chi connectivity index (χ4n) is 3.50. The highest BCUT2D eigenvalue weighted by Gasteiger charge is 2.24. The van der Waals surface area contributed by atoms with Crippen LogP contribution in [0, 0.1) is 15.9 Å². The average Bonchev–Trinajstić information content (AvgIpc) is 3.24. The number of carbonyl (C=O) groups excluding carboxylic acids is 1. The van der Waals surface area contributed by atoms with Gasteiger partial charge in [0.1, 0.15) is 5.82 Å². The quantitative estimate of drug-likeness (QED) is 0.478. The molecular formula is C21H20FN5O3. The van der Waals surface area contributed by atoms with Crippen molar-refractivity contribution in [2.75, 3.05) is 26.2 Å². The molecular weight excluding hydrogens is 389 g/mol. The minimum atomic E-state index is -0.400. The zero-order valence-electron chi connectivity index (χ0n) is 16.1. The van der Waals surface area contributed by atoms with Gasteiger partial charge in [-0.1, -0.05) is 18.2 Å². The lowest BCUT2D eigenvalue weighted by Crippen LogP contribution is -2.48. The Balaban J connectivity index is 1.36. The van der Waals surface area contributed by atoms with Crippen LogP contribution in [0.2, 0.25) is 0 Å². The van der Waals surface area contributed by atoms with E-state index in [-0.39, 0.29) is 17.4 Å². The lowest BCUT2D eigenvalue weighted by Gasteiger charge is -2.34. The Labute approximate surface area is 172 Å². The molecule has 0 saturated carbocycles. The van der Waals surface area contributed by atoms with Crippen LogP contribution in [-0.2, 0) is 6.54 Å². The van der Waals surface area contributed by atoms with Crippen LogP contribution in [0.4, 0.5) is 10.1 Å². The summed E-state index contributed by atoms with van der Waals surface area (Å²) in [5.74, 6) is -0.532. The second kappa shape index (κ2) is 8.42. The first-order valence-corrected chi connectivity index (χ1v) is 9.56. The Morgan fingerprint density at radius 3 is 2.57 bits per heavy atom. The summed E-state index contributed by atoms with van der Waals surface area (Å²) >= 11 is 0. The van der Waals surface area contributed by atoms with E-state index < -0.39 is 4.92 Å². The zero-order chi connectivity index (χ0) is 21.1. The SMILES string of the molecule is O=C(c1ccn(-c2cccc(F)c2)n1)N1CCN(Cc2cccc([N+](=O)[O-])c2)CC1. The molecule has 0 N–H and O–H groups in total. The number of benzene rings is 2. The maximum atomic E-state index is 13.4. The molecule has 9 heteroatoms. The lowest BCUT2D eigenvalue weighted by molar-refractivity contribution is -0.384. The Morgan fingerprint density at radius 1 is 1.07 bits per heavy atom. The number of hydrogen-bond acceptors (Lipinski definition) is 5. The van der Waals surface area contributed by atoms with Crippen LogP contribution in [0.1, 0.15) is 16.1 Å². The predicted molar refractivity (Wildman–Crippen MR) is 108 cm³/mol. The van der Waals surface area contributed by atoms with Crippen molar-refractivity contribution in [1.29, 1.82) is 0 Å². The van der Waals surface area contributed by atoms with Crippen LogP contribution in [0.25, 0.3) is 5.69 Å². The molecule has 2 heterocycles. The van der Waals surface area contributed by atoms with Crippen molar-refractivity contribution in [3.8, 4) is 5.69 Å². The fraction of sp³-hybridized carbons (Fsp3) is 0.238. The molecule has 1 aromatic heterocycles.